The molecule has 142 valence electrons. The van der Waals surface area contributed by atoms with Gasteiger partial charge in [0.15, 0.2) is 0 Å². The van der Waals surface area contributed by atoms with Crippen molar-refractivity contribution in [3.63, 3.8) is 0 Å². The molecule has 0 aliphatic carbocycles. The zero-order chi connectivity index (χ0) is 19.6. The standard InChI is InChI=1S/C19H19FN2O4S/c1-14-5-7-15(8-6-14)18(23)19(24)21-9-11-22(12-10-21)27(25,26)17-4-2-3-16(20)13-17/h2-8,13H,9-12H2,1H3. The number of Topliss-reactive ketones (excluding diaryl/α,β-unsaturated/α-hetero) is 1. The van der Waals surface area contributed by atoms with Crippen LogP contribution in [-0.2, 0) is 14.8 Å². The predicted molar refractivity (Wildman–Crippen MR) is 97.2 cm³/mol. The minimum atomic E-state index is -3.84. The summed E-state index contributed by atoms with van der Waals surface area (Å²) in [5, 5.41) is 0. The van der Waals surface area contributed by atoms with Crippen LogP contribution in [-0.4, -0.2) is 55.5 Å². The van der Waals surface area contributed by atoms with Gasteiger partial charge >= 0.3 is 0 Å². The number of carbonyl (C=O) groups excluding carboxylic acids is 2. The molecule has 27 heavy (non-hydrogen) atoms. The highest BCUT2D eigenvalue weighted by Crippen LogP contribution is 2.19. The van der Waals surface area contributed by atoms with E-state index in [0.29, 0.717) is 5.56 Å². The van der Waals surface area contributed by atoms with Crippen LogP contribution >= 0.6 is 0 Å². The quantitative estimate of drug-likeness (QED) is 0.590. The van der Waals surface area contributed by atoms with E-state index in [-0.39, 0.29) is 31.1 Å². The maximum absolute atomic E-state index is 13.3. The third kappa shape index (κ3) is 4.06. The van der Waals surface area contributed by atoms with Crippen LogP contribution in [0.4, 0.5) is 4.39 Å². The van der Waals surface area contributed by atoms with Gasteiger partial charge in [0, 0.05) is 31.7 Å². The largest absolute Gasteiger partial charge is 0.333 e. The van der Waals surface area contributed by atoms with Gasteiger partial charge in [0.2, 0.25) is 15.8 Å². The molecule has 0 spiro atoms. The number of benzene rings is 2. The normalized spacial score (nSPS) is 15.6. The van der Waals surface area contributed by atoms with Gasteiger partial charge in [0.05, 0.1) is 4.90 Å². The van der Waals surface area contributed by atoms with Crippen molar-refractivity contribution in [1.82, 2.24) is 9.21 Å². The van der Waals surface area contributed by atoms with Crippen molar-refractivity contribution in [2.45, 2.75) is 11.8 Å². The fraction of sp³-hybridized carbons (Fsp3) is 0.263. The number of amides is 1. The molecule has 0 atom stereocenters. The van der Waals surface area contributed by atoms with E-state index < -0.39 is 27.5 Å². The number of rotatable bonds is 4. The highest BCUT2D eigenvalue weighted by Gasteiger charge is 2.32. The highest BCUT2D eigenvalue weighted by molar-refractivity contribution is 7.89. The molecule has 1 amide bonds. The molecular weight excluding hydrogens is 371 g/mol. The Bertz CT molecular complexity index is 965. The van der Waals surface area contributed by atoms with E-state index in [4.69, 9.17) is 0 Å². The van der Waals surface area contributed by atoms with Crippen molar-refractivity contribution in [1.29, 1.82) is 0 Å². The predicted octanol–water partition coefficient (Wildman–Crippen LogP) is 1.85. The van der Waals surface area contributed by atoms with Crippen molar-refractivity contribution in [3.8, 4) is 0 Å². The third-order valence-electron chi connectivity index (χ3n) is 4.47. The van der Waals surface area contributed by atoms with Crippen LogP contribution in [0.5, 0.6) is 0 Å². The summed E-state index contributed by atoms with van der Waals surface area (Å²) in [7, 11) is -3.84. The molecule has 3 rings (SSSR count). The van der Waals surface area contributed by atoms with Crippen LogP contribution in [0.1, 0.15) is 15.9 Å². The topological polar surface area (TPSA) is 74.8 Å². The van der Waals surface area contributed by atoms with Gasteiger partial charge in [-0.05, 0) is 25.1 Å². The zero-order valence-corrected chi connectivity index (χ0v) is 15.6. The lowest BCUT2D eigenvalue weighted by Gasteiger charge is -2.33. The first-order valence-electron chi connectivity index (χ1n) is 8.45. The van der Waals surface area contributed by atoms with Gasteiger partial charge in [-0.1, -0.05) is 35.9 Å². The number of nitrogens with zero attached hydrogens (tertiary/aromatic N) is 2. The lowest BCUT2D eigenvalue weighted by molar-refractivity contribution is -0.127. The number of ketones is 1. The molecule has 0 saturated carbocycles. The number of hydrogen-bond donors (Lipinski definition) is 0. The van der Waals surface area contributed by atoms with E-state index >= 15 is 0 Å². The summed E-state index contributed by atoms with van der Waals surface area (Å²) in [5.41, 5.74) is 1.29. The molecule has 0 aromatic heterocycles. The van der Waals surface area contributed by atoms with Crippen LogP contribution in [0.25, 0.3) is 0 Å². The summed E-state index contributed by atoms with van der Waals surface area (Å²) in [5.74, 6) is -1.90. The number of halogens is 1. The van der Waals surface area contributed by atoms with E-state index in [0.717, 1.165) is 11.6 Å². The monoisotopic (exact) mass is 390 g/mol. The first-order valence-corrected chi connectivity index (χ1v) is 9.89. The van der Waals surface area contributed by atoms with Gasteiger partial charge < -0.3 is 4.90 Å². The van der Waals surface area contributed by atoms with Crippen LogP contribution in [0.15, 0.2) is 53.4 Å². The molecule has 0 bridgehead atoms. The van der Waals surface area contributed by atoms with E-state index in [1.807, 2.05) is 6.92 Å². The summed E-state index contributed by atoms with van der Waals surface area (Å²) in [6.45, 7) is 2.18. The third-order valence-corrected chi connectivity index (χ3v) is 6.36. The summed E-state index contributed by atoms with van der Waals surface area (Å²) in [4.78, 5) is 26.0. The fourth-order valence-electron chi connectivity index (χ4n) is 2.88. The lowest BCUT2D eigenvalue weighted by Crippen LogP contribution is -2.52. The van der Waals surface area contributed by atoms with E-state index in [1.165, 1.54) is 27.4 Å². The van der Waals surface area contributed by atoms with Crippen molar-refractivity contribution >= 4 is 21.7 Å². The Kier molecular flexibility index (Phi) is 5.38. The fourth-order valence-corrected chi connectivity index (χ4v) is 4.33. The van der Waals surface area contributed by atoms with Gasteiger partial charge in [-0.25, -0.2) is 12.8 Å². The van der Waals surface area contributed by atoms with Crippen molar-refractivity contribution in [3.05, 3.63) is 65.5 Å². The summed E-state index contributed by atoms with van der Waals surface area (Å²) >= 11 is 0. The minimum Gasteiger partial charge on any atom is -0.333 e. The molecule has 1 heterocycles. The van der Waals surface area contributed by atoms with E-state index in [1.54, 1.807) is 24.3 Å². The molecule has 0 N–H and O–H groups in total. The maximum Gasteiger partial charge on any atom is 0.295 e. The van der Waals surface area contributed by atoms with Gasteiger partial charge in [-0.3, -0.25) is 9.59 Å². The average molecular weight is 390 g/mol. The molecule has 1 aliphatic heterocycles. The molecule has 2 aromatic carbocycles. The first-order chi connectivity index (χ1) is 12.8. The van der Waals surface area contributed by atoms with Crippen LogP contribution in [0, 0.1) is 12.7 Å². The Balaban J connectivity index is 1.67. The van der Waals surface area contributed by atoms with Gasteiger partial charge in [0.1, 0.15) is 5.82 Å². The zero-order valence-electron chi connectivity index (χ0n) is 14.8. The molecule has 1 aliphatic rings. The van der Waals surface area contributed by atoms with Gasteiger partial charge in [-0.15, -0.1) is 0 Å². The maximum atomic E-state index is 13.3. The summed E-state index contributed by atoms with van der Waals surface area (Å²) in [6, 6.07) is 11.5. The smallest absolute Gasteiger partial charge is 0.295 e. The average Bonchev–Trinajstić information content (AvgIpc) is 2.67. The van der Waals surface area contributed by atoms with Gasteiger partial charge in [-0.2, -0.15) is 4.31 Å². The summed E-state index contributed by atoms with van der Waals surface area (Å²) < 4.78 is 39.7. The molecular formula is C19H19FN2O4S. The van der Waals surface area contributed by atoms with Crippen LogP contribution in [0.2, 0.25) is 0 Å². The van der Waals surface area contributed by atoms with Crippen molar-refractivity contribution < 1.29 is 22.4 Å². The highest BCUT2D eigenvalue weighted by atomic mass is 32.2. The van der Waals surface area contributed by atoms with E-state index in [9.17, 15) is 22.4 Å². The second-order valence-corrected chi connectivity index (χ2v) is 8.29. The number of hydrogen-bond acceptors (Lipinski definition) is 4. The SMILES string of the molecule is Cc1ccc(C(=O)C(=O)N2CCN(S(=O)(=O)c3cccc(F)c3)CC2)cc1. The lowest BCUT2D eigenvalue weighted by atomic mass is 10.1. The first kappa shape index (κ1) is 19.2. The number of sulfonamides is 1. The van der Waals surface area contributed by atoms with Gasteiger partial charge in [0.25, 0.3) is 5.91 Å². The molecule has 0 radical (unpaired) electrons. The number of piperazine rings is 1. The van der Waals surface area contributed by atoms with Crippen LogP contribution in [0.3, 0.4) is 0 Å². The summed E-state index contributed by atoms with van der Waals surface area (Å²) in [6.07, 6.45) is 0. The Labute approximate surface area is 157 Å². The second kappa shape index (κ2) is 7.58. The Hall–Kier alpha value is -2.58. The Morgan fingerprint density at radius 3 is 2.19 bits per heavy atom. The van der Waals surface area contributed by atoms with Crippen LogP contribution < -0.4 is 0 Å². The number of aryl methyl sites for hydroxylation is 1. The number of carbonyl (C=O) groups is 2. The molecule has 2 aromatic rings. The molecule has 8 heteroatoms. The second-order valence-electron chi connectivity index (χ2n) is 6.35. The van der Waals surface area contributed by atoms with Crippen molar-refractivity contribution in [2.24, 2.45) is 0 Å². The minimum absolute atomic E-state index is 0.0474. The van der Waals surface area contributed by atoms with Crippen molar-refractivity contribution in [2.75, 3.05) is 26.2 Å². The molecule has 0 unspecified atom stereocenters. The molecule has 1 saturated heterocycles. The molecule has 6 nitrogen and oxygen atoms in total. The van der Waals surface area contributed by atoms with E-state index in [2.05, 4.69) is 0 Å². The Morgan fingerprint density at radius 2 is 1.59 bits per heavy atom. The Morgan fingerprint density at radius 1 is 0.963 bits per heavy atom. The molecule has 1 fully saturated rings.